The molecule has 96 valence electrons. The second-order valence-electron chi connectivity index (χ2n) is 4.71. The van der Waals surface area contributed by atoms with Gasteiger partial charge in [0.05, 0.1) is 5.56 Å². The predicted octanol–water partition coefficient (Wildman–Crippen LogP) is 2.17. The van der Waals surface area contributed by atoms with E-state index < -0.39 is 0 Å². The van der Waals surface area contributed by atoms with Gasteiger partial charge in [0.1, 0.15) is 11.1 Å². The van der Waals surface area contributed by atoms with Crippen LogP contribution in [0.15, 0.2) is 0 Å². The standard InChI is InChI=1S/C13H17N3OS/c1-8-9(2)18-13(11(8)6-14)16-12(17)5-10-3-4-15-7-10/h10,15H,3-5,7H2,1-2H3,(H,16,17). The lowest BCUT2D eigenvalue weighted by atomic mass is 10.0. The molecule has 1 atom stereocenters. The van der Waals surface area contributed by atoms with Gasteiger partial charge in [0.25, 0.3) is 0 Å². The van der Waals surface area contributed by atoms with Crippen molar-refractivity contribution in [1.82, 2.24) is 5.32 Å². The molecule has 2 heterocycles. The summed E-state index contributed by atoms with van der Waals surface area (Å²) in [7, 11) is 0. The van der Waals surface area contributed by atoms with E-state index in [0.717, 1.165) is 30.0 Å². The van der Waals surface area contributed by atoms with E-state index in [1.165, 1.54) is 11.3 Å². The Morgan fingerprint density at radius 1 is 1.61 bits per heavy atom. The number of carbonyl (C=O) groups excluding carboxylic acids is 1. The fourth-order valence-electron chi connectivity index (χ4n) is 2.18. The number of carbonyl (C=O) groups is 1. The first-order valence-corrected chi connectivity index (χ1v) is 6.94. The average molecular weight is 263 g/mol. The van der Waals surface area contributed by atoms with E-state index in [4.69, 9.17) is 5.26 Å². The molecule has 1 aromatic heterocycles. The minimum Gasteiger partial charge on any atom is -0.317 e. The summed E-state index contributed by atoms with van der Waals surface area (Å²) in [5.41, 5.74) is 1.58. The van der Waals surface area contributed by atoms with Gasteiger partial charge in [-0.3, -0.25) is 4.79 Å². The maximum Gasteiger partial charge on any atom is 0.225 e. The average Bonchev–Trinajstić information content (AvgIpc) is 2.89. The molecule has 5 heteroatoms. The maximum absolute atomic E-state index is 11.9. The molecular formula is C13H17N3OS. The van der Waals surface area contributed by atoms with Crippen LogP contribution in [-0.2, 0) is 4.79 Å². The van der Waals surface area contributed by atoms with Crippen LogP contribution in [0.2, 0.25) is 0 Å². The Kier molecular flexibility index (Phi) is 4.00. The van der Waals surface area contributed by atoms with Gasteiger partial charge in [0.15, 0.2) is 0 Å². The van der Waals surface area contributed by atoms with Crippen molar-refractivity contribution in [2.45, 2.75) is 26.7 Å². The number of aryl methyl sites for hydroxylation is 1. The lowest BCUT2D eigenvalue weighted by Gasteiger charge is -2.08. The topological polar surface area (TPSA) is 64.9 Å². The molecule has 0 saturated carbocycles. The molecule has 18 heavy (non-hydrogen) atoms. The van der Waals surface area contributed by atoms with Crippen molar-refractivity contribution in [3.63, 3.8) is 0 Å². The lowest BCUT2D eigenvalue weighted by Crippen LogP contribution is -2.18. The lowest BCUT2D eigenvalue weighted by molar-refractivity contribution is -0.116. The summed E-state index contributed by atoms with van der Waals surface area (Å²) in [6.07, 6.45) is 1.59. The van der Waals surface area contributed by atoms with Crippen molar-refractivity contribution in [1.29, 1.82) is 5.26 Å². The highest BCUT2D eigenvalue weighted by Gasteiger charge is 2.20. The van der Waals surface area contributed by atoms with E-state index in [1.807, 2.05) is 13.8 Å². The summed E-state index contributed by atoms with van der Waals surface area (Å²) in [6.45, 7) is 5.80. The van der Waals surface area contributed by atoms with E-state index in [0.29, 0.717) is 22.9 Å². The number of nitriles is 1. The molecule has 4 nitrogen and oxygen atoms in total. The third-order valence-corrected chi connectivity index (χ3v) is 4.51. The third kappa shape index (κ3) is 2.71. The molecule has 0 aliphatic carbocycles. The molecule has 0 bridgehead atoms. The third-order valence-electron chi connectivity index (χ3n) is 3.39. The van der Waals surface area contributed by atoms with Gasteiger partial charge in [-0.1, -0.05) is 0 Å². The van der Waals surface area contributed by atoms with Crippen molar-refractivity contribution in [2.24, 2.45) is 5.92 Å². The Bertz CT molecular complexity index is 495. The monoisotopic (exact) mass is 263 g/mol. The Morgan fingerprint density at radius 2 is 2.39 bits per heavy atom. The normalized spacial score (nSPS) is 18.6. The van der Waals surface area contributed by atoms with Crippen molar-refractivity contribution < 1.29 is 4.79 Å². The number of rotatable bonds is 3. The van der Waals surface area contributed by atoms with Gasteiger partial charge in [0.2, 0.25) is 5.91 Å². The molecular weight excluding hydrogens is 246 g/mol. The minimum atomic E-state index is 0.0152. The highest BCUT2D eigenvalue weighted by atomic mass is 32.1. The van der Waals surface area contributed by atoms with E-state index in [-0.39, 0.29) is 5.91 Å². The van der Waals surface area contributed by atoms with Crippen molar-refractivity contribution >= 4 is 22.2 Å². The summed E-state index contributed by atoms with van der Waals surface area (Å²) in [5.74, 6) is 0.444. The molecule has 0 radical (unpaired) electrons. The largest absolute Gasteiger partial charge is 0.317 e. The number of thiophene rings is 1. The van der Waals surface area contributed by atoms with Crippen LogP contribution < -0.4 is 10.6 Å². The summed E-state index contributed by atoms with van der Waals surface area (Å²) < 4.78 is 0. The Labute approximate surface area is 111 Å². The highest BCUT2D eigenvalue weighted by Crippen LogP contribution is 2.31. The van der Waals surface area contributed by atoms with Gasteiger partial charge in [0, 0.05) is 11.3 Å². The van der Waals surface area contributed by atoms with Gasteiger partial charge < -0.3 is 10.6 Å². The number of anilines is 1. The molecule has 2 N–H and O–H groups in total. The van der Waals surface area contributed by atoms with E-state index in [9.17, 15) is 4.79 Å². The molecule has 1 aliphatic rings. The molecule has 1 fully saturated rings. The van der Waals surface area contributed by atoms with Crippen LogP contribution in [0.1, 0.15) is 28.8 Å². The summed E-state index contributed by atoms with van der Waals surface area (Å²) >= 11 is 1.48. The summed E-state index contributed by atoms with van der Waals surface area (Å²) in [5, 5.41) is 15.9. The van der Waals surface area contributed by atoms with Crippen molar-refractivity contribution in [2.75, 3.05) is 18.4 Å². The molecule has 1 aliphatic heterocycles. The number of amides is 1. The number of nitrogens with one attached hydrogen (secondary N) is 2. The summed E-state index contributed by atoms with van der Waals surface area (Å²) in [4.78, 5) is 13.0. The van der Waals surface area contributed by atoms with Gasteiger partial charge in [-0.15, -0.1) is 11.3 Å². The smallest absolute Gasteiger partial charge is 0.225 e. The molecule has 2 rings (SSSR count). The zero-order valence-electron chi connectivity index (χ0n) is 10.7. The first-order valence-electron chi connectivity index (χ1n) is 6.12. The van der Waals surface area contributed by atoms with Crippen LogP contribution in [0.25, 0.3) is 0 Å². The van der Waals surface area contributed by atoms with Crippen LogP contribution in [0.5, 0.6) is 0 Å². The second-order valence-corrected chi connectivity index (χ2v) is 5.94. The number of hydrogen-bond acceptors (Lipinski definition) is 4. The molecule has 1 aromatic rings. The number of nitrogens with zero attached hydrogens (tertiary/aromatic N) is 1. The summed E-state index contributed by atoms with van der Waals surface area (Å²) in [6, 6.07) is 2.17. The van der Waals surface area contributed by atoms with E-state index >= 15 is 0 Å². The van der Waals surface area contributed by atoms with Crippen LogP contribution in [-0.4, -0.2) is 19.0 Å². The zero-order valence-corrected chi connectivity index (χ0v) is 11.5. The van der Waals surface area contributed by atoms with Crippen molar-refractivity contribution in [3.8, 4) is 6.07 Å². The second kappa shape index (κ2) is 5.51. The quantitative estimate of drug-likeness (QED) is 0.878. The van der Waals surface area contributed by atoms with Crippen molar-refractivity contribution in [3.05, 3.63) is 16.0 Å². The maximum atomic E-state index is 11.9. The highest BCUT2D eigenvalue weighted by molar-refractivity contribution is 7.16. The zero-order chi connectivity index (χ0) is 13.1. The fraction of sp³-hybridized carbons (Fsp3) is 0.538. The first kappa shape index (κ1) is 13.1. The Balaban J connectivity index is 2.02. The molecule has 1 amide bonds. The fourth-order valence-corrected chi connectivity index (χ4v) is 3.21. The van der Waals surface area contributed by atoms with Gasteiger partial charge in [-0.05, 0) is 44.8 Å². The Hall–Kier alpha value is -1.38. The van der Waals surface area contributed by atoms with Gasteiger partial charge >= 0.3 is 0 Å². The van der Waals surface area contributed by atoms with Gasteiger partial charge in [-0.2, -0.15) is 5.26 Å². The van der Waals surface area contributed by atoms with Crippen LogP contribution in [0, 0.1) is 31.1 Å². The first-order chi connectivity index (χ1) is 8.61. The van der Waals surface area contributed by atoms with E-state index in [1.54, 1.807) is 0 Å². The van der Waals surface area contributed by atoms with Gasteiger partial charge in [-0.25, -0.2) is 0 Å². The van der Waals surface area contributed by atoms with E-state index in [2.05, 4.69) is 16.7 Å². The SMILES string of the molecule is Cc1sc(NC(=O)CC2CCNC2)c(C#N)c1C. The molecule has 0 spiro atoms. The van der Waals surface area contributed by atoms with Crippen LogP contribution in [0.3, 0.4) is 0 Å². The van der Waals surface area contributed by atoms with Crippen LogP contribution in [0.4, 0.5) is 5.00 Å². The predicted molar refractivity (Wildman–Crippen MR) is 72.7 cm³/mol. The molecule has 0 aromatic carbocycles. The van der Waals surface area contributed by atoms with Crippen LogP contribution >= 0.6 is 11.3 Å². The molecule has 1 unspecified atom stereocenters. The number of hydrogen-bond donors (Lipinski definition) is 2. The Morgan fingerprint density at radius 3 is 3.00 bits per heavy atom. The molecule has 1 saturated heterocycles. The minimum absolute atomic E-state index is 0.0152.